The Balaban J connectivity index is 1.76. The Morgan fingerprint density at radius 3 is 2.54 bits per heavy atom. The van der Waals surface area contributed by atoms with Crippen molar-refractivity contribution >= 4 is 17.3 Å². The van der Waals surface area contributed by atoms with Crippen LogP contribution in [0.5, 0.6) is 0 Å². The first-order valence-corrected chi connectivity index (χ1v) is 8.31. The minimum absolute atomic E-state index is 0.470. The fraction of sp³-hybridized carbons (Fsp3) is 0.316. The van der Waals surface area contributed by atoms with Crippen LogP contribution >= 0.6 is 0 Å². The van der Waals surface area contributed by atoms with Gasteiger partial charge >= 0.3 is 6.18 Å². The Morgan fingerprint density at radius 1 is 1.15 bits per heavy atom. The molecule has 0 spiro atoms. The van der Waals surface area contributed by atoms with E-state index in [0.717, 1.165) is 48.3 Å². The number of fused-ring (bicyclic) bond motifs is 1. The summed E-state index contributed by atoms with van der Waals surface area (Å²) in [5.74, 6) is -0.470. The van der Waals surface area contributed by atoms with Crippen molar-refractivity contribution in [3.05, 3.63) is 59.2 Å². The number of aryl methyl sites for hydroxylation is 1. The van der Waals surface area contributed by atoms with Gasteiger partial charge in [0, 0.05) is 24.5 Å². The van der Waals surface area contributed by atoms with Gasteiger partial charge in [0.25, 0.3) is 0 Å². The third-order valence-corrected chi connectivity index (χ3v) is 4.38. The zero-order chi connectivity index (χ0) is 18.7. The first kappa shape index (κ1) is 18.3. The maximum atomic E-state index is 12.7. The van der Waals surface area contributed by atoms with Gasteiger partial charge in [-0.2, -0.15) is 13.2 Å². The monoisotopic (exact) mass is 364 g/mol. The van der Waals surface area contributed by atoms with Gasteiger partial charge in [-0.1, -0.05) is 12.1 Å². The summed E-state index contributed by atoms with van der Waals surface area (Å²) in [6.07, 6.45) is -2.54. The summed E-state index contributed by atoms with van der Waals surface area (Å²) in [6.45, 7) is 0.765. The highest BCUT2D eigenvalue weighted by Crippen LogP contribution is 2.32. The molecule has 0 aromatic heterocycles. The molecule has 1 aliphatic rings. The van der Waals surface area contributed by atoms with Gasteiger partial charge in [-0.15, -0.1) is 0 Å². The predicted molar refractivity (Wildman–Crippen MR) is 93.0 cm³/mol. The van der Waals surface area contributed by atoms with Crippen LogP contribution in [0, 0.1) is 0 Å². The number of halogens is 3. The number of benzene rings is 2. The summed E-state index contributed by atoms with van der Waals surface area (Å²) in [7, 11) is 0. The molecule has 26 heavy (non-hydrogen) atoms. The molecule has 2 N–H and O–H groups in total. The van der Waals surface area contributed by atoms with Gasteiger partial charge < -0.3 is 15.3 Å². The van der Waals surface area contributed by atoms with Crippen LogP contribution < -0.4 is 10.2 Å². The summed E-state index contributed by atoms with van der Waals surface area (Å²) in [6, 6.07) is 10.8. The van der Waals surface area contributed by atoms with E-state index in [0.29, 0.717) is 12.2 Å². The quantitative estimate of drug-likeness (QED) is 0.872. The third kappa shape index (κ3) is 4.16. The number of amides is 1. The van der Waals surface area contributed by atoms with Crippen LogP contribution in [0.1, 0.15) is 23.1 Å². The number of nitrogens with one attached hydrogen (secondary N) is 1. The molecule has 138 valence electrons. The highest BCUT2D eigenvalue weighted by Gasteiger charge is 2.30. The van der Waals surface area contributed by atoms with Crippen molar-refractivity contribution < 1.29 is 23.1 Å². The van der Waals surface area contributed by atoms with Crippen molar-refractivity contribution in [2.45, 2.75) is 25.6 Å². The summed E-state index contributed by atoms with van der Waals surface area (Å²) in [4.78, 5) is 13.4. The molecular formula is C19H19F3N2O2. The first-order valence-electron chi connectivity index (χ1n) is 8.31. The van der Waals surface area contributed by atoms with Crippen molar-refractivity contribution in [2.24, 2.45) is 0 Å². The molecule has 0 bridgehead atoms. The van der Waals surface area contributed by atoms with E-state index in [1.165, 1.54) is 12.1 Å². The number of hydrogen-bond donors (Lipinski definition) is 2. The van der Waals surface area contributed by atoms with Crippen LogP contribution in [0.25, 0.3) is 0 Å². The Hall–Kier alpha value is -2.54. The maximum Gasteiger partial charge on any atom is 0.416 e. The van der Waals surface area contributed by atoms with Crippen LogP contribution in [0.3, 0.4) is 0 Å². The number of rotatable bonds is 4. The first-order chi connectivity index (χ1) is 12.4. The van der Waals surface area contributed by atoms with Gasteiger partial charge in [0.2, 0.25) is 5.91 Å². The number of carbonyl (C=O) groups excluding carboxylic acids is 1. The normalized spacial score (nSPS) is 14.1. The number of hydrogen-bond acceptors (Lipinski definition) is 3. The smallest absolute Gasteiger partial charge is 0.387 e. The molecule has 4 nitrogen and oxygen atoms in total. The number of aliphatic hydroxyl groups excluding tert-OH is 1. The molecule has 1 heterocycles. The van der Waals surface area contributed by atoms with Gasteiger partial charge in [0.15, 0.2) is 0 Å². The van der Waals surface area contributed by atoms with Gasteiger partial charge in [-0.3, -0.25) is 4.79 Å². The molecule has 2 aromatic carbocycles. The molecule has 2 aromatic rings. The van der Waals surface area contributed by atoms with Gasteiger partial charge in [0.1, 0.15) is 6.61 Å². The van der Waals surface area contributed by atoms with E-state index in [4.69, 9.17) is 5.11 Å². The second-order valence-electron chi connectivity index (χ2n) is 6.27. The Kier molecular flexibility index (Phi) is 5.18. The zero-order valence-corrected chi connectivity index (χ0v) is 14.0. The Labute approximate surface area is 149 Å². The minimum Gasteiger partial charge on any atom is -0.387 e. The van der Waals surface area contributed by atoms with Crippen LogP contribution in [0.4, 0.5) is 24.5 Å². The van der Waals surface area contributed by atoms with Crippen molar-refractivity contribution in [2.75, 3.05) is 23.4 Å². The van der Waals surface area contributed by atoms with Gasteiger partial charge in [-0.05, 0) is 54.3 Å². The molecule has 1 aliphatic heterocycles. The molecule has 0 unspecified atom stereocenters. The molecule has 0 aliphatic carbocycles. The number of alkyl halides is 3. The molecule has 3 rings (SSSR count). The minimum atomic E-state index is -4.33. The van der Waals surface area contributed by atoms with Crippen molar-refractivity contribution in [1.29, 1.82) is 0 Å². The van der Waals surface area contributed by atoms with E-state index >= 15 is 0 Å². The number of anilines is 2. The number of carbonyl (C=O) groups is 1. The molecule has 0 radical (unpaired) electrons. The second kappa shape index (κ2) is 7.37. The standard InChI is InChI=1S/C19H19F3N2O2/c20-19(21,22)15-5-3-13(4-6-15)11-24-9-1-2-14-10-16(7-8-17(14)24)23-18(26)12-25/h3-8,10,25H,1-2,9,11-12H2,(H,23,26). The lowest BCUT2D eigenvalue weighted by Gasteiger charge is -2.32. The molecule has 1 amide bonds. The second-order valence-corrected chi connectivity index (χ2v) is 6.27. The lowest BCUT2D eigenvalue weighted by Crippen LogP contribution is -2.29. The fourth-order valence-corrected chi connectivity index (χ4v) is 3.14. The van der Waals surface area contributed by atoms with Crippen molar-refractivity contribution in [3.63, 3.8) is 0 Å². The molecule has 0 fully saturated rings. The van der Waals surface area contributed by atoms with Crippen molar-refractivity contribution in [3.8, 4) is 0 Å². The summed E-state index contributed by atoms with van der Waals surface area (Å²) >= 11 is 0. The van der Waals surface area contributed by atoms with E-state index in [1.807, 2.05) is 12.1 Å². The lowest BCUT2D eigenvalue weighted by atomic mass is 10.00. The van der Waals surface area contributed by atoms with Crippen LogP contribution in [-0.2, 0) is 23.9 Å². The third-order valence-electron chi connectivity index (χ3n) is 4.38. The molecule has 0 saturated carbocycles. The SMILES string of the molecule is O=C(CO)Nc1ccc2c(c1)CCCN2Cc1ccc(C(F)(F)F)cc1. The van der Waals surface area contributed by atoms with Gasteiger partial charge in [0.05, 0.1) is 5.56 Å². The molecular weight excluding hydrogens is 345 g/mol. The van der Waals surface area contributed by atoms with E-state index in [2.05, 4.69) is 10.2 Å². The van der Waals surface area contributed by atoms with Crippen molar-refractivity contribution in [1.82, 2.24) is 0 Å². The van der Waals surface area contributed by atoms with E-state index < -0.39 is 24.3 Å². The molecule has 7 heteroatoms. The molecule has 0 atom stereocenters. The summed E-state index contributed by atoms with van der Waals surface area (Å²) in [5.41, 5.74) is 2.87. The van der Waals surface area contributed by atoms with Crippen LogP contribution in [-0.4, -0.2) is 24.2 Å². The Bertz CT molecular complexity index is 788. The highest BCUT2D eigenvalue weighted by molar-refractivity contribution is 5.91. The summed E-state index contributed by atoms with van der Waals surface area (Å²) < 4.78 is 38.0. The number of aliphatic hydroxyl groups is 1. The average molecular weight is 364 g/mol. The zero-order valence-electron chi connectivity index (χ0n) is 14.0. The van der Waals surface area contributed by atoms with E-state index in [1.54, 1.807) is 6.07 Å². The van der Waals surface area contributed by atoms with Crippen LogP contribution in [0.2, 0.25) is 0 Å². The predicted octanol–water partition coefficient (Wildman–Crippen LogP) is 3.59. The van der Waals surface area contributed by atoms with Gasteiger partial charge in [-0.25, -0.2) is 0 Å². The maximum absolute atomic E-state index is 12.7. The van der Waals surface area contributed by atoms with Crippen LogP contribution in [0.15, 0.2) is 42.5 Å². The average Bonchev–Trinajstić information content (AvgIpc) is 2.61. The topological polar surface area (TPSA) is 52.6 Å². The summed E-state index contributed by atoms with van der Waals surface area (Å²) in [5, 5.41) is 11.4. The lowest BCUT2D eigenvalue weighted by molar-refractivity contribution is -0.137. The number of nitrogens with zero attached hydrogens (tertiary/aromatic N) is 1. The van der Waals surface area contributed by atoms with E-state index in [-0.39, 0.29) is 0 Å². The Morgan fingerprint density at radius 2 is 1.88 bits per heavy atom. The highest BCUT2D eigenvalue weighted by atomic mass is 19.4. The molecule has 0 saturated heterocycles. The van der Waals surface area contributed by atoms with E-state index in [9.17, 15) is 18.0 Å². The largest absolute Gasteiger partial charge is 0.416 e. The fourth-order valence-electron chi connectivity index (χ4n) is 3.14.